The van der Waals surface area contributed by atoms with Crippen molar-refractivity contribution in [3.63, 3.8) is 0 Å². The predicted octanol–water partition coefficient (Wildman–Crippen LogP) is 2.50. The summed E-state index contributed by atoms with van der Waals surface area (Å²) in [7, 11) is 0. The quantitative estimate of drug-likeness (QED) is 0.794. The van der Waals surface area contributed by atoms with E-state index < -0.39 is 11.3 Å². The summed E-state index contributed by atoms with van der Waals surface area (Å²) >= 11 is 0. The molecule has 4 atom stereocenters. The average molecular weight is 372 g/mol. The Hall–Kier alpha value is -2.94. The van der Waals surface area contributed by atoms with Crippen LogP contribution in [0.1, 0.15) is 25.8 Å². The van der Waals surface area contributed by atoms with Crippen LogP contribution in [0.3, 0.4) is 0 Å². The van der Waals surface area contributed by atoms with E-state index in [1.807, 2.05) is 18.2 Å². The third-order valence-corrected chi connectivity index (χ3v) is 6.16. The zero-order valence-corrected chi connectivity index (χ0v) is 16.4. The molecule has 142 valence electrons. The molecule has 0 amide bonds. The molecule has 1 aliphatic heterocycles. The molecule has 3 rings (SSSR count). The summed E-state index contributed by atoms with van der Waals surface area (Å²) in [6.45, 7) is 6.62. The summed E-state index contributed by atoms with van der Waals surface area (Å²) in [5.41, 5.74) is 0.666. The highest BCUT2D eigenvalue weighted by molar-refractivity contribution is 5.99. The Balaban J connectivity index is 2.00. The fraction of sp³-hybridized carbons (Fsp3) is 0.478. The maximum absolute atomic E-state index is 9.95. The van der Waals surface area contributed by atoms with Gasteiger partial charge in [0.25, 0.3) is 0 Å². The first-order valence-corrected chi connectivity index (χ1v) is 9.85. The smallest absolute Gasteiger partial charge is 0.185 e. The van der Waals surface area contributed by atoms with Crippen LogP contribution in [0, 0.1) is 68.5 Å². The summed E-state index contributed by atoms with van der Waals surface area (Å²) in [6, 6.07) is 16.8. The second kappa shape index (κ2) is 7.97. The lowest BCUT2D eigenvalue weighted by atomic mass is 9.54. The van der Waals surface area contributed by atoms with E-state index in [-0.39, 0.29) is 17.5 Å². The summed E-state index contributed by atoms with van der Waals surface area (Å²) < 4.78 is 0. The van der Waals surface area contributed by atoms with Crippen LogP contribution in [0.2, 0.25) is 0 Å². The van der Waals surface area contributed by atoms with Gasteiger partial charge in [0.05, 0.1) is 37.0 Å². The van der Waals surface area contributed by atoms with Gasteiger partial charge in [0.15, 0.2) is 5.41 Å². The third kappa shape index (κ3) is 3.33. The van der Waals surface area contributed by atoms with E-state index in [1.54, 1.807) is 0 Å². The molecule has 1 unspecified atom stereocenters. The Kier molecular flexibility index (Phi) is 5.64. The van der Waals surface area contributed by atoms with Crippen molar-refractivity contribution in [1.29, 1.82) is 21.2 Å². The van der Waals surface area contributed by atoms with Gasteiger partial charge in [-0.25, -0.2) is 0 Å². The van der Waals surface area contributed by atoms with Crippen LogP contribution in [0.4, 0.5) is 0 Å². The van der Waals surface area contributed by atoms with Crippen molar-refractivity contribution in [3.8, 4) is 18.2 Å². The Bertz CT molecular complexity index is 880. The van der Waals surface area contributed by atoms with Crippen molar-refractivity contribution < 1.29 is 4.90 Å². The van der Waals surface area contributed by atoms with Crippen LogP contribution in [-0.4, -0.2) is 18.8 Å². The third-order valence-electron chi connectivity index (χ3n) is 6.16. The molecule has 1 aromatic rings. The molecule has 2 aliphatic rings. The highest BCUT2D eigenvalue weighted by Crippen LogP contribution is 2.49. The van der Waals surface area contributed by atoms with Crippen LogP contribution < -0.4 is 4.90 Å². The first kappa shape index (κ1) is 19.8. The Morgan fingerprint density at radius 1 is 1.18 bits per heavy atom. The van der Waals surface area contributed by atoms with Gasteiger partial charge in [-0.2, -0.15) is 15.8 Å². The molecule has 0 spiro atoms. The Morgan fingerprint density at radius 3 is 2.43 bits per heavy atom. The van der Waals surface area contributed by atoms with Crippen molar-refractivity contribution in [1.82, 2.24) is 0 Å². The lowest BCUT2D eigenvalue weighted by Crippen LogP contribution is -3.12. The molecule has 28 heavy (non-hydrogen) atoms. The lowest BCUT2D eigenvalue weighted by molar-refractivity contribution is -0.913. The van der Waals surface area contributed by atoms with Crippen molar-refractivity contribution in [2.24, 2.45) is 29.1 Å². The SMILES string of the molecule is CC(C)C[C@H]1[C@H]2C[NH+](Cc3ccccc3)CC=C2[C@@H](C#N)C(=N)C1(C#N)C#N. The molecule has 1 aliphatic carbocycles. The summed E-state index contributed by atoms with van der Waals surface area (Å²) in [4.78, 5) is 1.36. The van der Waals surface area contributed by atoms with E-state index in [4.69, 9.17) is 5.41 Å². The molecule has 0 radical (unpaired) electrons. The molecule has 0 bridgehead atoms. The monoisotopic (exact) mass is 372 g/mol. The molecule has 1 fully saturated rings. The van der Waals surface area contributed by atoms with Crippen LogP contribution in [0.15, 0.2) is 42.0 Å². The normalized spacial score (nSPS) is 28.4. The number of nitrogens with one attached hydrogen (secondary N) is 2. The number of quaternary nitrogens is 1. The zero-order valence-electron chi connectivity index (χ0n) is 16.4. The van der Waals surface area contributed by atoms with Gasteiger partial charge in [0.1, 0.15) is 12.5 Å². The first-order valence-electron chi connectivity index (χ1n) is 9.85. The molecule has 5 heteroatoms. The van der Waals surface area contributed by atoms with Gasteiger partial charge in [0.2, 0.25) is 0 Å². The molecular formula is C23H26N5+. The van der Waals surface area contributed by atoms with Gasteiger partial charge in [-0.15, -0.1) is 0 Å². The van der Waals surface area contributed by atoms with E-state index in [9.17, 15) is 15.8 Å². The molecule has 0 aromatic heterocycles. The van der Waals surface area contributed by atoms with E-state index in [1.165, 1.54) is 10.5 Å². The van der Waals surface area contributed by atoms with Gasteiger partial charge in [0, 0.05) is 17.4 Å². The number of rotatable bonds is 4. The number of benzene rings is 1. The molecule has 1 heterocycles. The fourth-order valence-corrected chi connectivity index (χ4v) is 4.86. The van der Waals surface area contributed by atoms with Crippen molar-refractivity contribution in [2.45, 2.75) is 26.8 Å². The van der Waals surface area contributed by atoms with Crippen LogP contribution in [-0.2, 0) is 6.54 Å². The van der Waals surface area contributed by atoms with Gasteiger partial charge in [-0.05, 0) is 24.0 Å². The first-order chi connectivity index (χ1) is 13.5. The molecule has 1 saturated carbocycles. The van der Waals surface area contributed by atoms with Gasteiger partial charge in [-0.1, -0.05) is 44.2 Å². The molecule has 0 saturated heterocycles. The minimum absolute atomic E-state index is 0.0205. The summed E-state index contributed by atoms with van der Waals surface area (Å²) in [5.74, 6) is -0.728. The summed E-state index contributed by atoms with van der Waals surface area (Å²) in [5, 5.41) is 38.2. The van der Waals surface area contributed by atoms with Crippen LogP contribution in [0.25, 0.3) is 0 Å². The van der Waals surface area contributed by atoms with Crippen molar-refractivity contribution >= 4 is 5.71 Å². The largest absolute Gasteiger partial charge is 0.327 e. The maximum atomic E-state index is 9.95. The van der Waals surface area contributed by atoms with E-state index in [0.29, 0.717) is 12.3 Å². The molecular weight excluding hydrogens is 346 g/mol. The number of hydrogen-bond acceptors (Lipinski definition) is 4. The van der Waals surface area contributed by atoms with Crippen LogP contribution in [0.5, 0.6) is 0 Å². The minimum atomic E-state index is -1.51. The number of hydrogen-bond donors (Lipinski definition) is 2. The number of nitriles is 3. The fourth-order valence-electron chi connectivity index (χ4n) is 4.86. The average Bonchev–Trinajstić information content (AvgIpc) is 2.70. The minimum Gasteiger partial charge on any atom is -0.327 e. The van der Waals surface area contributed by atoms with Gasteiger partial charge >= 0.3 is 0 Å². The van der Waals surface area contributed by atoms with Crippen molar-refractivity contribution in [2.75, 3.05) is 13.1 Å². The second-order valence-corrected chi connectivity index (χ2v) is 8.37. The second-order valence-electron chi connectivity index (χ2n) is 8.37. The standard InChI is InChI=1S/C23H25N5/c1-16(2)10-21-20-13-28(12-17-6-4-3-5-7-17)9-8-18(20)19(11-24)22(27)23(21,14-25)15-26/h3-8,16,19-21,27H,9-10,12-13H2,1-2H3/p+1/t19-,20+,21+/m1/s1. The van der Waals surface area contributed by atoms with Crippen molar-refractivity contribution in [3.05, 3.63) is 47.5 Å². The van der Waals surface area contributed by atoms with E-state index in [0.717, 1.165) is 25.2 Å². The van der Waals surface area contributed by atoms with E-state index >= 15 is 0 Å². The zero-order chi connectivity index (χ0) is 20.3. The Labute approximate surface area is 167 Å². The van der Waals surface area contributed by atoms with Crippen LogP contribution >= 0.6 is 0 Å². The predicted molar refractivity (Wildman–Crippen MR) is 106 cm³/mol. The number of fused-ring (bicyclic) bond motifs is 1. The molecule has 2 N–H and O–H groups in total. The maximum Gasteiger partial charge on any atom is 0.185 e. The Morgan fingerprint density at radius 2 is 1.86 bits per heavy atom. The molecule has 1 aromatic carbocycles. The topological polar surface area (TPSA) is 99.7 Å². The van der Waals surface area contributed by atoms with Gasteiger partial charge < -0.3 is 10.3 Å². The lowest BCUT2D eigenvalue weighted by Gasteiger charge is -2.46. The highest BCUT2D eigenvalue weighted by atomic mass is 15.1. The highest BCUT2D eigenvalue weighted by Gasteiger charge is 2.57. The molecule has 5 nitrogen and oxygen atoms in total. The summed E-state index contributed by atoms with van der Waals surface area (Å²) in [6.07, 6.45) is 2.79. The number of nitrogens with zero attached hydrogens (tertiary/aromatic N) is 3. The van der Waals surface area contributed by atoms with Gasteiger partial charge in [-0.3, -0.25) is 0 Å². The van der Waals surface area contributed by atoms with E-state index in [2.05, 4.69) is 50.3 Å².